The van der Waals surface area contributed by atoms with Crippen LogP contribution in [0.25, 0.3) is 0 Å². The van der Waals surface area contributed by atoms with Crippen molar-refractivity contribution >= 4 is 11.9 Å². The van der Waals surface area contributed by atoms with Crippen LogP contribution in [0.4, 0.5) is 0 Å². The Morgan fingerprint density at radius 3 is 2.06 bits per heavy atom. The number of aliphatic hydroxyl groups is 2. The highest BCUT2D eigenvalue weighted by Crippen LogP contribution is 2.11. The van der Waals surface area contributed by atoms with Gasteiger partial charge in [-0.25, -0.2) is 4.79 Å². The number of hydrogen-bond donors (Lipinski definition) is 2. The lowest BCUT2D eigenvalue weighted by atomic mass is 10.1. The lowest BCUT2D eigenvalue weighted by molar-refractivity contribution is -0.143. The molecule has 0 aliphatic rings. The molecule has 0 fully saturated rings. The molecule has 1 amide bonds. The second kappa shape index (κ2) is 25.0. The molecular formula is C29H53NO6. The first-order valence-electron chi connectivity index (χ1n) is 14.0. The molecular weight excluding hydrogens is 458 g/mol. The number of aliphatic hydroxyl groups excluding tert-OH is 2. The van der Waals surface area contributed by atoms with Crippen LogP contribution in [0.15, 0.2) is 24.3 Å². The third-order valence-corrected chi connectivity index (χ3v) is 5.95. The van der Waals surface area contributed by atoms with Gasteiger partial charge in [0.15, 0.2) is 0 Å². The summed E-state index contributed by atoms with van der Waals surface area (Å²) in [5, 5.41) is 19.1. The number of nitrogens with zero attached hydrogens (tertiary/aromatic N) is 1. The topological polar surface area (TPSA) is 96.3 Å². The normalized spacial score (nSPS) is 12.1. The molecule has 0 aromatic heterocycles. The molecule has 0 bridgehead atoms. The van der Waals surface area contributed by atoms with Crippen molar-refractivity contribution in [1.82, 2.24) is 4.90 Å². The van der Waals surface area contributed by atoms with Crippen molar-refractivity contribution < 1.29 is 29.3 Å². The molecule has 0 heterocycles. The van der Waals surface area contributed by atoms with Gasteiger partial charge in [-0.1, -0.05) is 77.0 Å². The van der Waals surface area contributed by atoms with E-state index in [9.17, 15) is 19.8 Å². The van der Waals surface area contributed by atoms with Gasteiger partial charge in [0.2, 0.25) is 5.91 Å². The van der Waals surface area contributed by atoms with Crippen molar-refractivity contribution in [3.63, 3.8) is 0 Å². The summed E-state index contributed by atoms with van der Waals surface area (Å²) >= 11 is 0. The van der Waals surface area contributed by atoms with Crippen LogP contribution < -0.4 is 0 Å². The molecule has 1 unspecified atom stereocenters. The average molecular weight is 512 g/mol. The number of allylic oxidation sites excluding steroid dienone is 2. The number of unbranched alkanes of at least 4 members (excludes halogenated alkanes) is 11. The zero-order valence-electron chi connectivity index (χ0n) is 23.1. The number of ether oxygens (including phenoxy) is 2. The molecule has 1 atom stereocenters. The van der Waals surface area contributed by atoms with Crippen molar-refractivity contribution in [2.75, 3.05) is 39.5 Å². The van der Waals surface area contributed by atoms with Gasteiger partial charge in [-0.2, -0.15) is 0 Å². The highest BCUT2D eigenvalue weighted by Gasteiger charge is 2.14. The van der Waals surface area contributed by atoms with Crippen LogP contribution in [-0.2, 0) is 19.1 Å². The van der Waals surface area contributed by atoms with E-state index in [1.165, 1.54) is 64.7 Å². The number of hydrogen-bond acceptors (Lipinski definition) is 6. The van der Waals surface area contributed by atoms with Crippen LogP contribution in [0.3, 0.4) is 0 Å². The van der Waals surface area contributed by atoms with E-state index >= 15 is 0 Å². The average Bonchev–Trinajstić information content (AvgIpc) is 2.86. The SMILES string of the molecule is C=C(C)C(=O)OCC(O)COCCN(CCO)C(=O)CCCCCCCC=CCCCCCCCC. The summed E-state index contributed by atoms with van der Waals surface area (Å²) in [4.78, 5) is 25.4. The minimum absolute atomic E-state index is 0.00113. The van der Waals surface area contributed by atoms with Crippen molar-refractivity contribution in [1.29, 1.82) is 0 Å². The summed E-state index contributed by atoms with van der Waals surface area (Å²) in [5.74, 6) is -0.536. The minimum atomic E-state index is -0.939. The van der Waals surface area contributed by atoms with Crippen LogP contribution in [0.2, 0.25) is 0 Å². The van der Waals surface area contributed by atoms with E-state index in [2.05, 4.69) is 25.7 Å². The molecule has 0 aliphatic heterocycles. The van der Waals surface area contributed by atoms with Gasteiger partial charge in [0, 0.05) is 25.1 Å². The molecule has 0 saturated heterocycles. The minimum Gasteiger partial charge on any atom is -0.460 e. The van der Waals surface area contributed by atoms with Gasteiger partial charge in [0.05, 0.1) is 19.8 Å². The summed E-state index contributed by atoms with van der Waals surface area (Å²) in [6.45, 7) is 7.86. The molecule has 36 heavy (non-hydrogen) atoms. The summed E-state index contributed by atoms with van der Waals surface area (Å²) in [7, 11) is 0. The summed E-state index contributed by atoms with van der Waals surface area (Å²) < 4.78 is 10.3. The van der Waals surface area contributed by atoms with Gasteiger partial charge < -0.3 is 24.6 Å². The smallest absolute Gasteiger partial charge is 0.333 e. The Morgan fingerprint density at radius 2 is 1.47 bits per heavy atom. The lowest BCUT2D eigenvalue weighted by Crippen LogP contribution is -2.36. The van der Waals surface area contributed by atoms with Gasteiger partial charge in [0.1, 0.15) is 12.7 Å². The molecule has 7 heteroatoms. The predicted octanol–water partition coefficient (Wildman–Crippen LogP) is 5.34. The van der Waals surface area contributed by atoms with E-state index in [1.54, 1.807) is 4.90 Å². The molecule has 0 spiro atoms. The van der Waals surface area contributed by atoms with E-state index < -0.39 is 12.1 Å². The van der Waals surface area contributed by atoms with Crippen molar-refractivity contribution in [3.05, 3.63) is 24.3 Å². The first-order valence-corrected chi connectivity index (χ1v) is 14.0. The molecule has 0 aromatic carbocycles. The molecule has 0 radical (unpaired) electrons. The van der Waals surface area contributed by atoms with Gasteiger partial charge in [-0.05, 0) is 39.0 Å². The number of rotatable bonds is 25. The Hall–Kier alpha value is -1.70. The first-order chi connectivity index (χ1) is 17.4. The first kappa shape index (κ1) is 34.3. The highest BCUT2D eigenvalue weighted by atomic mass is 16.5. The molecule has 7 nitrogen and oxygen atoms in total. The molecule has 0 saturated carbocycles. The largest absolute Gasteiger partial charge is 0.460 e. The van der Waals surface area contributed by atoms with E-state index in [0.29, 0.717) is 13.0 Å². The maximum atomic E-state index is 12.5. The standard InChI is InChI=1S/C29H53NO6/c1-4-5-6-7-8-9-10-11-12-13-14-15-16-17-18-19-28(33)30(20-22-31)21-23-35-24-27(32)25-36-29(34)26(2)3/h11-12,27,31-32H,2,4-10,13-25H2,1,3H3. The summed E-state index contributed by atoms with van der Waals surface area (Å²) in [5.41, 5.74) is 0.271. The number of esters is 1. The van der Waals surface area contributed by atoms with Crippen molar-refractivity contribution in [2.45, 2.75) is 110 Å². The van der Waals surface area contributed by atoms with Crippen LogP contribution in [0, 0.1) is 0 Å². The Balaban J connectivity index is 3.77. The second-order valence-electron chi connectivity index (χ2n) is 9.55. The van der Waals surface area contributed by atoms with Crippen LogP contribution in [0.5, 0.6) is 0 Å². The van der Waals surface area contributed by atoms with Gasteiger partial charge in [-0.15, -0.1) is 0 Å². The van der Waals surface area contributed by atoms with Crippen molar-refractivity contribution in [2.24, 2.45) is 0 Å². The van der Waals surface area contributed by atoms with Crippen LogP contribution >= 0.6 is 0 Å². The number of carbonyl (C=O) groups is 2. The zero-order valence-corrected chi connectivity index (χ0v) is 23.1. The van der Waals surface area contributed by atoms with Gasteiger partial charge in [-0.3, -0.25) is 4.79 Å². The van der Waals surface area contributed by atoms with Crippen LogP contribution in [0.1, 0.15) is 104 Å². The fourth-order valence-corrected chi connectivity index (χ4v) is 3.72. The number of carbonyl (C=O) groups excluding carboxylic acids is 2. The van der Waals surface area contributed by atoms with Gasteiger partial charge >= 0.3 is 5.97 Å². The Bertz CT molecular complexity index is 592. The predicted molar refractivity (Wildman–Crippen MR) is 146 cm³/mol. The fraction of sp³-hybridized carbons (Fsp3) is 0.793. The van der Waals surface area contributed by atoms with E-state index in [4.69, 9.17) is 9.47 Å². The van der Waals surface area contributed by atoms with E-state index in [-0.39, 0.29) is 44.5 Å². The second-order valence-corrected chi connectivity index (χ2v) is 9.55. The molecule has 0 aromatic rings. The quantitative estimate of drug-likeness (QED) is 0.0743. The summed E-state index contributed by atoms with van der Waals surface area (Å²) in [6, 6.07) is 0. The number of amides is 1. The van der Waals surface area contributed by atoms with Crippen LogP contribution in [-0.4, -0.2) is 72.6 Å². The fourth-order valence-electron chi connectivity index (χ4n) is 3.72. The van der Waals surface area contributed by atoms with Gasteiger partial charge in [0.25, 0.3) is 0 Å². The Labute approximate surface area is 219 Å². The Morgan fingerprint density at radius 1 is 0.889 bits per heavy atom. The maximum absolute atomic E-state index is 12.5. The van der Waals surface area contributed by atoms with E-state index in [1.807, 2.05) is 0 Å². The zero-order chi connectivity index (χ0) is 26.9. The van der Waals surface area contributed by atoms with E-state index in [0.717, 1.165) is 25.7 Å². The lowest BCUT2D eigenvalue weighted by Gasteiger charge is -2.22. The highest BCUT2D eigenvalue weighted by molar-refractivity contribution is 5.86. The molecule has 0 rings (SSSR count). The molecule has 2 N–H and O–H groups in total. The molecule has 210 valence electrons. The Kier molecular flexibility index (Phi) is 23.8. The maximum Gasteiger partial charge on any atom is 0.333 e. The van der Waals surface area contributed by atoms with Crippen molar-refractivity contribution in [3.8, 4) is 0 Å². The molecule has 0 aliphatic carbocycles. The third kappa shape index (κ3) is 21.6. The summed E-state index contributed by atoms with van der Waals surface area (Å²) in [6.07, 6.45) is 20.0. The monoisotopic (exact) mass is 511 g/mol. The third-order valence-electron chi connectivity index (χ3n) is 5.95.